The van der Waals surface area contributed by atoms with E-state index >= 15 is 0 Å². The van der Waals surface area contributed by atoms with Gasteiger partial charge < -0.3 is 20.1 Å². The lowest BCUT2D eigenvalue weighted by atomic mass is 9.94. The monoisotopic (exact) mass is 242 g/mol. The van der Waals surface area contributed by atoms with E-state index in [1.54, 1.807) is 14.2 Å². The normalized spacial score (nSPS) is 33.9. The van der Waals surface area contributed by atoms with Crippen LogP contribution in [0.25, 0.3) is 0 Å². The Morgan fingerprint density at radius 1 is 1.35 bits per heavy atom. The third-order valence-corrected chi connectivity index (χ3v) is 4.30. The smallest absolute Gasteiger partial charge is 0.0928 e. The van der Waals surface area contributed by atoms with Crippen LogP contribution >= 0.6 is 0 Å². The molecule has 4 heteroatoms. The molecule has 1 heterocycles. The zero-order valence-electron chi connectivity index (χ0n) is 11.1. The first kappa shape index (κ1) is 13.3. The maximum atomic E-state index is 5.33. The van der Waals surface area contributed by atoms with E-state index in [0.29, 0.717) is 12.6 Å². The number of methoxy groups -OCH3 is 2. The van der Waals surface area contributed by atoms with Gasteiger partial charge in [-0.15, -0.1) is 0 Å². The molecule has 0 aromatic carbocycles. The fraction of sp³-hybridized carbons (Fsp3) is 1.00. The molecule has 1 saturated carbocycles. The van der Waals surface area contributed by atoms with Gasteiger partial charge >= 0.3 is 0 Å². The summed E-state index contributed by atoms with van der Waals surface area (Å²) in [5.74, 6) is 1.85. The Hall–Kier alpha value is -0.160. The fourth-order valence-corrected chi connectivity index (χ4v) is 3.32. The Bertz CT molecular complexity index is 225. The highest BCUT2D eigenvalue weighted by atomic mass is 16.5. The standard InChI is InChI=1S/C13H26N2O2/c1-16-9-11(17-2)7-14-8-13-12-5-3-4-10(12)6-15-13/h10-15H,3-9H2,1-2H3. The van der Waals surface area contributed by atoms with Crippen molar-refractivity contribution in [3.63, 3.8) is 0 Å². The van der Waals surface area contributed by atoms with E-state index in [0.717, 1.165) is 24.9 Å². The highest BCUT2D eigenvalue weighted by molar-refractivity contribution is 4.95. The second-order valence-electron chi connectivity index (χ2n) is 5.34. The molecule has 0 spiro atoms. The fourth-order valence-electron chi connectivity index (χ4n) is 3.32. The molecule has 4 atom stereocenters. The van der Waals surface area contributed by atoms with Crippen molar-refractivity contribution in [2.24, 2.45) is 11.8 Å². The lowest BCUT2D eigenvalue weighted by molar-refractivity contribution is 0.0286. The van der Waals surface area contributed by atoms with Crippen LogP contribution in [0.5, 0.6) is 0 Å². The molecule has 1 aliphatic heterocycles. The van der Waals surface area contributed by atoms with E-state index in [4.69, 9.17) is 9.47 Å². The summed E-state index contributed by atoms with van der Waals surface area (Å²) in [7, 11) is 3.46. The van der Waals surface area contributed by atoms with Gasteiger partial charge in [0.1, 0.15) is 0 Å². The maximum Gasteiger partial charge on any atom is 0.0928 e. The second kappa shape index (κ2) is 6.69. The minimum absolute atomic E-state index is 0.167. The summed E-state index contributed by atoms with van der Waals surface area (Å²) in [6.07, 6.45) is 4.44. The van der Waals surface area contributed by atoms with Gasteiger partial charge in [-0.1, -0.05) is 6.42 Å². The minimum atomic E-state index is 0.167. The average molecular weight is 242 g/mol. The van der Waals surface area contributed by atoms with E-state index in [1.165, 1.54) is 25.8 Å². The number of hydrogen-bond donors (Lipinski definition) is 2. The highest BCUT2D eigenvalue weighted by Crippen LogP contribution is 2.37. The molecule has 0 bridgehead atoms. The number of rotatable bonds is 7. The summed E-state index contributed by atoms with van der Waals surface area (Å²) in [6.45, 7) is 3.82. The lowest BCUT2D eigenvalue weighted by Crippen LogP contribution is -2.41. The largest absolute Gasteiger partial charge is 0.382 e. The topological polar surface area (TPSA) is 42.5 Å². The number of hydrogen-bond acceptors (Lipinski definition) is 4. The minimum Gasteiger partial charge on any atom is -0.382 e. The Kier molecular flexibility index (Phi) is 5.22. The van der Waals surface area contributed by atoms with Crippen molar-refractivity contribution in [3.8, 4) is 0 Å². The summed E-state index contributed by atoms with van der Waals surface area (Å²) in [4.78, 5) is 0. The average Bonchev–Trinajstić information content (AvgIpc) is 2.92. The molecule has 0 aromatic heterocycles. The van der Waals surface area contributed by atoms with E-state index in [9.17, 15) is 0 Å². The summed E-state index contributed by atoms with van der Waals surface area (Å²) >= 11 is 0. The van der Waals surface area contributed by atoms with Gasteiger partial charge in [-0.05, 0) is 31.2 Å². The van der Waals surface area contributed by atoms with Gasteiger partial charge in [-0.3, -0.25) is 0 Å². The molecular weight excluding hydrogens is 216 g/mol. The molecule has 4 nitrogen and oxygen atoms in total. The summed E-state index contributed by atoms with van der Waals surface area (Å²) in [5.41, 5.74) is 0. The molecule has 2 rings (SSSR count). The first-order chi connectivity index (χ1) is 8.35. The highest BCUT2D eigenvalue weighted by Gasteiger charge is 2.38. The lowest BCUT2D eigenvalue weighted by Gasteiger charge is -2.21. The molecule has 0 amide bonds. The van der Waals surface area contributed by atoms with Gasteiger partial charge in [0.2, 0.25) is 0 Å². The molecule has 2 aliphatic rings. The number of ether oxygens (including phenoxy) is 2. The van der Waals surface area contributed by atoms with Crippen molar-refractivity contribution in [2.45, 2.75) is 31.4 Å². The molecule has 0 aromatic rings. The van der Waals surface area contributed by atoms with E-state index in [-0.39, 0.29) is 6.10 Å². The summed E-state index contributed by atoms with van der Waals surface area (Å²) < 4.78 is 10.4. The Labute approximate surface area is 104 Å². The summed E-state index contributed by atoms with van der Waals surface area (Å²) in [5, 5.41) is 7.16. The van der Waals surface area contributed by atoms with Crippen LogP contribution in [0.15, 0.2) is 0 Å². The van der Waals surface area contributed by atoms with E-state index in [1.807, 2.05) is 0 Å². The van der Waals surface area contributed by atoms with Crippen molar-refractivity contribution < 1.29 is 9.47 Å². The number of nitrogens with one attached hydrogen (secondary N) is 2. The van der Waals surface area contributed by atoms with E-state index in [2.05, 4.69) is 10.6 Å². The van der Waals surface area contributed by atoms with Crippen LogP contribution in [0.1, 0.15) is 19.3 Å². The Balaban J connectivity index is 1.64. The third kappa shape index (κ3) is 3.41. The molecule has 2 N–H and O–H groups in total. The van der Waals surface area contributed by atoms with E-state index < -0.39 is 0 Å². The van der Waals surface area contributed by atoms with Crippen LogP contribution in [0, 0.1) is 11.8 Å². The molecular formula is C13H26N2O2. The van der Waals surface area contributed by atoms with Gasteiger partial charge in [-0.25, -0.2) is 0 Å². The molecule has 17 heavy (non-hydrogen) atoms. The van der Waals surface area contributed by atoms with Crippen LogP contribution < -0.4 is 10.6 Å². The van der Waals surface area contributed by atoms with Crippen molar-refractivity contribution in [2.75, 3.05) is 40.5 Å². The zero-order valence-corrected chi connectivity index (χ0v) is 11.1. The maximum absolute atomic E-state index is 5.33. The third-order valence-electron chi connectivity index (χ3n) is 4.30. The molecule has 2 fully saturated rings. The van der Waals surface area contributed by atoms with Crippen molar-refractivity contribution in [1.82, 2.24) is 10.6 Å². The molecule has 1 saturated heterocycles. The number of fused-ring (bicyclic) bond motifs is 1. The zero-order chi connectivity index (χ0) is 12.1. The first-order valence-corrected chi connectivity index (χ1v) is 6.81. The van der Waals surface area contributed by atoms with Crippen LogP contribution in [-0.4, -0.2) is 52.6 Å². The molecule has 4 unspecified atom stereocenters. The molecule has 100 valence electrons. The predicted octanol–water partition coefficient (Wildman–Crippen LogP) is 0.626. The Morgan fingerprint density at radius 3 is 3.00 bits per heavy atom. The van der Waals surface area contributed by atoms with Gasteiger partial charge in [0.25, 0.3) is 0 Å². The quantitative estimate of drug-likeness (QED) is 0.687. The SMILES string of the molecule is COCC(CNCC1NCC2CCCC21)OC. The Morgan fingerprint density at radius 2 is 2.24 bits per heavy atom. The summed E-state index contributed by atoms with van der Waals surface area (Å²) in [6, 6.07) is 0.669. The molecule has 0 radical (unpaired) electrons. The van der Waals surface area contributed by atoms with Gasteiger partial charge in [-0.2, -0.15) is 0 Å². The first-order valence-electron chi connectivity index (χ1n) is 6.81. The second-order valence-corrected chi connectivity index (χ2v) is 5.34. The van der Waals surface area contributed by atoms with Crippen molar-refractivity contribution in [1.29, 1.82) is 0 Å². The van der Waals surface area contributed by atoms with Crippen LogP contribution in [0.4, 0.5) is 0 Å². The van der Waals surface area contributed by atoms with Gasteiger partial charge in [0.05, 0.1) is 12.7 Å². The van der Waals surface area contributed by atoms with Gasteiger partial charge in [0.15, 0.2) is 0 Å². The van der Waals surface area contributed by atoms with Crippen LogP contribution in [0.2, 0.25) is 0 Å². The van der Waals surface area contributed by atoms with Crippen molar-refractivity contribution in [3.05, 3.63) is 0 Å². The van der Waals surface area contributed by atoms with Crippen molar-refractivity contribution >= 4 is 0 Å². The van der Waals surface area contributed by atoms with Crippen LogP contribution in [0.3, 0.4) is 0 Å². The predicted molar refractivity (Wildman–Crippen MR) is 68.2 cm³/mol. The molecule has 1 aliphatic carbocycles. The van der Waals surface area contributed by atoms with Crippen LogP contribution in [-0.2, 0) is 9.47 Å². The van der Waals surface area contributed by atoms with Gasteiger partial charge in [0, 0.05) is 33.4 Å².